The Balaban J connectivity index is 1.43. The van der Waals surface area contributed by atoms with Crippen molar-refractivity contribution in [2.45, 2.75) is 44.4 Å². The van der Waals surface area contributed by atoms with E-state index in [-0.39, 0.29) is 11.9 Å². The number of rotatable bonds is 3. The Hall–Kier alpha value is -2.25. The fourth-order valence-corrected chi connectivity index (χ4v) is 3.95. The lowest BCUT2D eigenvalue weighted by atomic mass is 10.1. The summed E-state index contributed by atoms with van der Waals surface area (Å²) in [6.07, 6.45) is -0.725. The third kappa shape index (κ3) is 3.24. The number of benzene rings is 1. The van der Waals surface area contributed by atoms with Crippen molar-refractivity contribution in [1.29, 1.82) is 0 Å². The van der Waals surface area contributed by atoms with Gasteiger partial charge < -0.3 is 9.80 Å². The van der Waals surface area contributed by atoms with Gasteiger partial charge in [0.05, 0.1) is 12.1 Å². The number of amidine groups is 1. The van der Waals surface area contributed by atoms with Gasteiger partial charge in [-0.2, -0.15) is 18.3 Å². The Kier molecular flexibility index (Phi) is 4.28. The monoisotopic (exact) mass is 366 g/mol. The Morgan fingerprint density at radius 2 is 2.00 bits per heavy atom. The molecule has 0 aliphatic carbocycles. The molecule has 0 bridgehead atoms. The van der Waals surface area contributed by atoms with Crippen molar-refractivity contribution in [3.05, 3.63) is 35.4 Å². The average Bonchev–Trinajstić information content (AvgIpc) is 3.30. The number of nitrogens with zero attached hydrogens (tertiary/aromatic N) is 4. The van der Waals surface area contributed by atoms with Gasteiger partial charge in [0.25, 0.3) is 0 Å². The van der Waals surface area contributed by atoms with Crippen LogP contribution in [-0.4, -0.2) is 52.4 Å². The van der Waals surface area contributed by atoms with Gasteiger partial charge in [0.2, 0.25) is 5.91 Å². The molecule has 0 unspecified atom stereocenters. The molecule has 1 aromatic rings. The topological polar surface area (TPSA) is 39.2 Å². The number of likely N-dealkylation sites (tertiary alicyclic amines) is 1. The van der Waals surface area contributed by atoms with Crippen LogP contribution in [0.5, 0.6) is 0 Å². The molecule has 1 atom stereocenters. The summed E-state index contributed by atoms with van der Waals surface area (Å²) in [6, 6.07) is 5.14. The molecular formula is C18H21F3N4O. The molecule has 0 saturated carbocycles. The SMILES string of the molecule is O=C([C@@H]1CCC2=NN(Cc3cccc(C(F)(F)F)c3)CN21)N1CCCC1. The molecule has 0 N–H and O–H groups in total. The first-order chi connectivity index (χ1) is 12.4. The molecule has 0 aromatic heterocycles. The van der Waals surface area contributed by atoms with Crippen LogP contribution in [-0.2, 0) is 17.5 Å². The lowest BCUT2D eigenvalue weighted by molar-refractivity contribution is -0.137. The Morgan fingerprint density at radius 3 is 2.73 bits per heavy atom. The van der Waals surface area contributed by atoms with E-state index < -0.39 is 11.7 Å². The summed E-state index contributed by atoms with van der Waals surface area (Å²) in [7, 11) is 0. The summed E-state index contributed by atoms with van der Waals surface area (Å²) in [6.45, 7) is 2.40. The maximum absolute atomic E-state index is 12.9. The molecule has 1 aromatic carbocycles. The molecule has 3 aliphatic rings. The lowest BCUT2D eigenvalue weighted by Gasteiger charge is -2.27. The highest BCUT2D eigenvalue weighted by Crippen LogP contribution is 2.31. The van der Waals surface area contributed by atoms with Gasteiger partial charge in [-0.05, 0) is 37.0 Å². The minimum atomic E-state index is -4.35. The van der Waals surface area contributed by atoms with Gasteiger partial charge in [-0.25, -0.2) is 0 Å². The molecule has 140 valence electrons. The van der Waals surface area contributed by atoms with Gasteiger partial charge >= 0.3 is 6.18 Å². The van der Waals surface area contributed by atoms with Crippen LogP contribution in [0.2, 0.25) is 0 Å². The second-order valence-electron chi connectivity index (χ2n) is 7.08. The third-order valence-corrected chi connectivity index (χ3v) is 5.24. The lowest BCUT2D eigenvalue weighted by Crippen LogP contribution is -2.46. The van der Waals surface area contributed by atoms with E-state index in [9.17, 15) is 18.0 Å². The quantitative estimate of drug-likeness (QED) is 0.826. The van der Waals surface area contributed by atoms with E-state index in [1.807, 2.05) is 9.80 Å². The van der Waals surface area contributed by atoms with Crippen LogP contribution in [0.25, 0.3) is 0 Å². The predicted octanol–water partition coefficient (Wildman–Crippen LogP) is 2.88. The van der Waals surface area contributed by atoms with E-state index in [0.717, 1.165) is 56.7 Å². The number of alkyl halides is 3. The number of hydrazone groups is 1. The van der Waals surface area contributed by atoms with E-state index in [2.05, 4.69) is 5.10 Å². The summed E-state index contributed by atoms with van der Waals surface area (Å²) in [4.78, 5) is 16.6. The zero-order valence-corrected chi connectivity index (χ0v) is 14.4. The fourth-order valence-electron chi connectivity index (χ4n) is 3.95. The van der Waals surface area contributed by atoms with Crippen molar-refractivity contribution < 1.29 is 18.0 Å². The van der Waals surface area contributed by atoms with Crippen LogP contribution in [0.1, 0.15) is 36.8 Å². The Bertz CT molecular complexity index is 727. The van der Waals surface area contributed by atoms with Gasteiger partial charge in [0.1, 0.15) is 18.5 Å². The summed E-state index contributed by atoms with van der Waals surface area (Å²) in [5.41, 5.74) is -0.0859. The van der Waals surface area contributed by atoms with Crippen molar-refractivity contribution in [3.8, 4) is 0 Å². The summed E-state index contributed by atoms with van der Waals surface area (Å²) in [5, 5.41) is 6.26. The van der Waals surface area contributed by atoms with Crippen molar-refractivity contribution >= 4 is 11.7 Å². The molecule has 1 amide bonds. The number of fused-ring (bicyclic) bond motifs is 1. The van der Waals surface area contributed by atoms with Crippen LogP contribution < -0.4 is 0 Å². The molecule has 26 heavy (non-hydrogen) atoms. The number of amides is 1. The van der Waals surface area contributed by atoms with E-state index in [1.165, 1.54) is 6.07 Å². The van der Waals surface area contributed by atoms with Crippen LogP contribution in [0, 0.1) is 0 Å². The maximum Gasteiger partial charge on any atom is 0.416 e. The van der Waals surface area contributed by atoms with Crippen molar-refractivity contribution in [1.82, 2.24) is 14.8 Å². The molecule has 0 radical (unpaired) electrons. The highest BCUT2D eigenvalue weighted by molar-refractivity contribution is 5.94. The first-order valence-electron chi connectivity index (χ1n) is 8.96. The minimum Gasteiger partial charge on any atom is -0.341 e. The Morgan fingerprint density at radius 1 is 1.23 bits per heavy atom. The molecule has 2 fully saturated rings. The second kappa shape index (κ2) is 6.48. The summed E-state index contributed by atoms with van der Waals surface area (Å²) in [5.74, 6) is 1.03. The van der Waals surface area contributed by atoms with Gasteiger partial charge in [0.15, 0.2) is 0 Å². The van der Waals surface area contributed by atoms with Crippen LogP contribution in [0.4, 0.5) is 13.2 Å². The zero-order valence-electron chi connectivity index (χ0n) is 14.4. The number of carbonyl (C=O) groups excluding carboxylic acids is 1. The largest absolute Gasteiger partial charge is 0.416 e. The normalized spacial score (nSPS) is 22.8. The fraction of sp³-hybridized carbons (Fsp3) is 0.556. The predicted molar refractivity (Wildman–Crippen MR) is 90.0 cm³/mol. The highest BCUT2D eigenvalue weighted by atomic mass is 19.4. The number of hydrogen-bond donors (Lipinski definition) is 0. The van der Waals surface area contributed by atoms with Gasteiger partial charge in [-0.3, -0.25) is 9.80 Å². The van der Waals surface area contributed by atoms with E-state index in [1.54, 1.807) is 11.1 Å². The third-order valence-electron chi connectivity index (χ3n) is 5.24. The van der Waals surface area contributed by atoms with Crippen molar-refractivity contribution in [2.24, 2.45) is 5.10 Å². The Labute approximate surface area is 150 Å². The molecule has 2 saturated heterocycles. The van der Waals surface area contributed by atoms with Gasteiger partial charge in [-0.1, -0.05) is 12.1 Å². The first-order valence-corrected chi connectivity index (χ1v) is 8.96. The van der Waals surface area contributed by atoms with Gasteiger partial charge in [-0.15, -0.1) is 0 Å². The smallest absolute Gasteiger partial charge is 0.341 e. The molecule has 5 nitrogen and oxygen atoms in total. The standard InChI is InChI=1S/C18H21F3N4O/c19-18(20,21)14-5-3-4-13(10-14)11-24-12-25-15(6-7-16(25)22-24)17(26)23-8-1-2-9-23/h3-5,10,15H,1-2,6-9,11-12H2/t15-/m0/s1. The van der Waals surface area contributed by atoms with Crippen LogP contribution >= 0.6 is 0 Å². The zero-order chi connectivity index (χ0) is 18.3. The van der Waals surface area contributed by atoms with Gasteiger partial charge in [0, 0.05) is 19.5 Å². The first kappa shape index (κ1) is 17.2. The average molecular weight is 366 g/mol. The van der Waals surface area contributed by atoms with E-state index in [4.69, 9.17) is 0 Å². The molecule has 0 spiro atoms. The number of hydrogen-bond acceptors (Lipinski definition) is 4. The number of halogens is 3. The van der Waals surface area contributed by atoms with E-state index >= 15 is 0 Å². The summed E-state index contributed by atoms with van der Waals surface area (Å²) < 4.78 is 38.6. The maximum atomic E-state index is 12.9. The van der Waals surface area contributed by atoms with Crippen molar-refractivity contribution in [3.63, 3.8) is 0 Å². The van der Waals surface area contributed by atoms with E-state index in [0.29, 0.717) is 18.8 Å². The highest BCUT2D eigenvalue weighted by Gasteiger charge is 2.41. The van der Waals surface area contributed by atoms with Crippen LogP contribution in [0.3, 0.4) is 0 Å². The second-order valence-corrected chi connectivity index (χ2v) is 7.08. The molecule has 3 aliphatic heterocycles. The summed E-state index contributed by atoms with van der Waals surface area (Å²) >= 11 is 0. The van der Waals surface area contributed by atoms with Crippen LogP contribution in [0.15, 0.2) is 29.4 Å². The molecule has 8 heteroatoms. The molecule has 3 heterocycles. The number of carbonyl (C=O) groups is 1. The molecular weight excluding hydrogens is 345 g/mol. The molecule has 4 rings (SSSR count). The minimum absolute atomic E-state index is 0.161. The van der Waals surface area contributed by atoms with Crippen molar-refractivity contribution in [2.75, 3.05) is 19.8 Å².